The van der Waals surface area contributed by atoms with Gasteiger partial charge in [0.05, 0.1) is 24.2 Å². The molecule has 4 nitrogen and oxygen atoms in total. The van der Waals surface area contributed by atoms with Gasteiger partial charge in [-0.3, -0.25) is 9.78 Å². The molecule has 0 unspecified atom stereocenters. The van der Waals surface area contributed by atoms with Gasteiger partial charge in [-0.15, -0.1) is 0 Å². The van der Waals surface area contributed by atoms with Crippen LogP contribution in [0.5, 0.6) is 5.75 Å². The second-order valence-electron chi connectivity index (χ2n) is 4.38. The summed E-state index contributed by atoms with van der Waals surface area (Å²) in [7, 11) is 1.60. The number of nitrogens with zero attached hydrogens (tertiary/aromatic N) is 1. The second-order valence-corrected chi connectivity index (χ2v) is 4.38. The van der Waals surface area contributed by atoms with Crippen molar-refractivity contribution in [3.05, 3.63) is 62.1 Å². The molecular formula is C16H13N2O2. The number of amides is 1. The third-order valence-electron chi connectivity index (χ3n) is 3.09. The van der Waals surface area contributed by atoms with Crippen LogP contribution in [0.3, 0.4) is 0 Å². The molecule has 0 atom stereocenters. The summed E-state index contributed by atoms with van der Waals surface area (Å²) in [6, 6.07) is 7.45. The van der Waals surface area contributed by atoms with Crippen LogP contribution in [0.15, 0.2) is 30.5 Å². The molecule has 4 heteroatoms. The summed E-state index contributed by atoms with van der Waals surface area (Å²) >= 11 is 0. The average molecular weight is 265 g/mol. The second kappa shape index (κ2) is 5.49. The van der Waals surface area contributed by atoms with Gasteiger partial charge in [0, 0.05) is 17.6 Å². The maximum absolute atomic E-state index is 12.1. The first kappa shape index (κ1) is 12.9. The van der Waals surface area contributed by atoms with Crippen LogP contribution in [0.1, 0.15) is 0 Å². The highest BCUT2D eigenvalue weighted by atomic mass is 16.5. The van der Waals surface area contributed by atoms with Gasteiger partial charge < -0.3 is 10.1 Å². The average Bonchev–Trinajstić information content (AvgIpc) is 3.01. The van der Waals surface area contributed by atoms with Crippen molar-refractivity contribution < 1.29 is 9.53 Å². The van der Waals surface area contributed by atoms with Crippen LogP contribution in [-0.4, -0.2) is 18.0 Å². The summed E-state index contributed by atoms with van der Waals surface area (Å²) in [5, 5.41) is 3.80. The molecule has 1 heterocycles. The summed E-state index contributed by atoms with van der Waals surface area (Å²) in [5.74, 6) is 1.15. The van der Waals surface area contributed by atoms with Crippen molar-refractivity contribution in [2.24, 2.45) is 0 Å². The lowest BCUT2D eigenvalue weighted by molar-refractivity contribution is -0.113. The first-order chi connectivity index (χ1) is 9.78. The van der Waals surface area contributed by atoms with Crippen LogP contribution in [0, 0.1) is 31.6 Å². The monoisotopic (exact) mass is 265 g/mol. The van der Waals surface area contributed by atoms with E-state index in [2.05, 4.69) is 10.3 Å². The van der Waals surface area contributed by atoms with Gasteiger partial charge in [-0.05, 0) is 37.8 Å². The first-order valence-corrected chi connectivity index (χ1v) is 6.24. The molecule has 3 rings (SSSR count). The number of hydrogen-bond donors (Lipinski definition) is 1. The molecule has 1 saturated carbocycles. The number of nitrogens with one attached hydrogen (secondary N) is 1. The molecule has 0 aliphatic heterocycles. The molecule has 0 saturated heterocycles. The van der Waals surface area contributed by atoms with Gasteiger partial charge in [0.15, 0.2) is 0 Å². The fraction of sp³-hybridized carbons (Fsp3) is 0.0625. The molecule has 1 aromatic heterocycles. The van der Waals surface area contributed by atoms with E-state index in [0.29, 0.717) is 17.4 Å². The zero-order chi connectivity index (χ0) is 13.9. The van der Waals surface area contributed by atoms with Gasteiger partial charge in [-0.25, -0.2) is 0 Å². The van der Waals surface area contributed by atoms with Gasteiger partial charge in [-0.1, -0.05) is 6.07 Å². The summed E-state index contributed by atoms with van der Waals surface area (Å²) in [6.07, 6.45) is 8.90. The third-order valence-corrected chi connectivity index (χ3v) is 3.09. The minimum Gasteiger partial charge on any atom is -0.497 e. The van der Waals surface area contributed by atoms with Crippen LogP contribution < -0.4 is 10.1 Å². The number of aromatic nitrogens is 1. The Morgan fingerprint density at radius 1 is 1.25 bits per heavy atom. The summed E-state index contributed by atoms with van der Waals surface area (Å²) in [4.78, 5) is 16.5. The van der Waals surface area contributed by atoms with Gasteiger partial charge in [0.1, 0.15) is 5.75 Å². The van der Waals surface area contributed by atoms with Crippen molar-refractivity contribution in [1.29, 1.82) is 0 Å². The predicted molar refractivity (Wildman–Crippen MR) is 77.4 cm³/mol. The Kier molecular flexibility index (Phi) is 3.54. The molecule has 1 amide bonds. The number of anilines is 1. The maximum atomic E-state index is 12.1. The molecule has 1 aliphatic carbocycles. The molecule has 1 fully saturated rings. The summed E-state index contributed by atoms with van der Waals surface area (Å²) in [5.41, 5.74) is 1.39. The number of methoxy groups -OCH3 is 1. The lowest BCUT2D eigenvalue weighted by atomic mass is 10.1. The number of pyridine rings is 1. The lowest BCUT2D eigenvalue weighted by Crippen LogP contribution is -2.19. The van der Waals surface area contributed by atoms with Crippen LogP contribution in [0.25, 0.3) is 10.9 Å². The standard InChI is InChI=1S/C16H13N2O2/c1-20-13-9-12-7-4-8-17-15(12)14(10-13)18-16(19)11-5-2-3-6-11/h2-10H,1H3,(H,18,19). The van der Waals surface area contributed by atoms with E-state index in [1.807, 2.05) is 31.0 Å². The van der Waals surface area contributed by atoms with Crippen LogP contribution >= 0.6 is 0 Å². The van der Waals surface area contributed by atoms with E-state index in [0.717, 1.165) is 10.9 Å². The minimum absolute atomic E-state index is 0.157. The molecule has 99 valence electrons. The predicted octanol–water partition coefficient (Wildman–Crippen LogP) is 2.59. The normalized spacial score (nSPS) is 15.4. The molecule has 5 radical (unpaired) electrons. The Morgan fingerprint density at radius 2 is 2.05 bits per heavy atom. The van der Waals surface area contributed by atoms with Gasteiger partial charge >= 0.3 is 0 Å². The topological polar surface area (TPSA) is 51.2 Å². The van der Waals surface area contributed by atoms with Crippen LogP contribution in [-0.2, 0) is 4.79 Å². The van der Waals surface area contributed by atoms with Crippen LogP contribution in [0.4, 0.5) is 5.69 Å². The lowest BCUT2D eigenvalue weighted by Gasteiger charge is -2.12. The van der Waals surface area contributed by atoms with Gasteiger partial charge in [0.25, 0.3) is 0 Å². The van der Waals surface area contributed by atoms with E-state index in [1.165, 1.54) is 0 Å². The van der Waals surface area contributed by atoms with Crippen molar-refractivity contribution in [2.45, 2.75) is 0 Å². The zero-order valence-corrected chi connectivity index (χ0v) is 11.0. The maximum Gasteiger partial charge on any atom is 0.232 e. The zero-order valence-electron chi connectivity index (χ0n) is 11.0. The fourth-order valence-electron chi connectivity index (χ4n) is 2.10. The van der Waals surface area contributed by atoms with Gasteiger partial charge in [-0.2, -0.15) is 0 Å². The third kappa shape index (κ3) is 2.46. The Bertz CT molecular complexity index is 633. The van der Waals surface area contributed by atoms with Crippen molar-refractivity contribution in [3.63, 3.8) is 0 Å². The number of fused-ring (bicyclic) bond motifs is 1. The van der Waals surface area contributed by atoms with E-state index in [9.17, 15) is 4.79 Å². The van der Waals surface area contributed by atoms with E-state index in [-0.39, 0.29) is 5.91 Å². The van der Waals surface area contributed by atoms with Crippen LogP contribution in [0.2, 0.25) is 0 Å². The fourth-order valence-corrected chi connectivity index (χ4v) is 2.10. The molecule has 0 spiro atoms. The van der Waals surface area contributed by atoms with Crippen molar-refractivity contribution in [3.8, 4) is 5.75 Å². The number of carbonyl (C=O) groups excluding carboxylic acids is 1. The summed E-state index contributed by atoms with van der Waals surface area (Å²) in [6.45, 7) is 0. The van der Waals surface area contributed by atoms with Crippen molar-refractivity contribution in [1.82, 2.24) is 4.98 Å². The minimum atomic E-state index is -0.157. The molecule has 1 aliphatic rings. The largest absolute Gasteiger partial charge is 0.497 e. The number of ether oxygens (including phenoxy) is 1. The van der Waals surface area contributed by atoms with E-state index in [4.69, 9.17) is 4.74 Å². The van der Waals surface area contributed by atoms with Crippen molar-refractivity contribution in [2.75, 3.05) is 12.4 Å². The van der Waals surface area contributed by atoms with E-state index >= 15 is 0 Å². The molecule has 2 aromatic rings. The Labute approximate surface area is 118 Å². The molecule has 1 aromatic carbocycles. The Morgan fingerprint density at radius 3 is 2.80 bits per heavy atom. The summed E-state index contributed by atoms with van der Waals surface area (Å²) < 4.78 is 5.26. The highest BCUT2D eigenvalue weighted by molar-refractivity contribution is 6.09. The molecule has 1 N–H and O–H groups in total. The highest BCUT2D eigenvalue weighted by Gasteiger charge is 2.25. The molecule has 20 heavy (non-hydrogen) atoms. The smallest absolute Gasteiger partial charge is 0.232 e. The number of benzene rings is 1. The SMILES string of the molecule is COc1cc(NC(=O)[C]2[CH][CH][CH][CH]2)c2ncccc2c1. The molecular weight excluding hydrogens is 252 g/mol. The number of carbonyl (C=O) groups is 1. The Hall–Kier alpha value is -2.10. The number of hydrogen-bond acceptors (Lipinski definition) is 3. The first-order valence-electron chi connectivity index (χ1n) is 6.24. The molecule has 0 bridgehead atoms. The van der Waals surface area contributed by atoms with Crippen molar-refractivity contribution >= 4 is 22.5 Å². The van der Waals surface area contributed by atoms with Gasteiger partial charge in [0.2, 0.25) is 5.91 Å². The quantitative estimate of drug-likeness (QED) is 0.928. The number of rotatable bonds is 3. The Balaban J connectivity index is 1.94. The van der Waals surface area contributed by atoms with E-state index < -0.39 is 0 Å². The van der Waals surface area contributed by atoms with E-state index in [1.54, 1.807) is 32.2 Å². The highest BCUT2D eigenvalue weighted by Crippen LogP contribution is 2.30.